The summed E-state index contributed by atoms with van der Waals surface area (Å²) < 4.78 is 5.81. The van der Waals surface area contributed by atoms with Gasteiger partial charge in [0.25, 0.3) is 0 Å². The predicted octanol–water partition coefficient (Wildman–Crippen LogP) is 3.08. The highest BCUT2D eigenvalue weighted by Crippen LogP contribution is 2.47. The molecule has 0 saturated carbocycles. The van der Waals surface area contributed by atoms with Crippen molar-refractivity contribution in [1.29, 1.82) is 0 Å². The Balaban J connectivity index is 2.88. The number of hydrogen-bond acceptors (Lipinski definition) is 2. The van der Waals surface area contributed by atoms with Crippen LogP contribution >= 0.6 is 0 Å². The lowest BCUT2D eigenvalue weighted by atomic mass is 9.64. The molecule has 0 aliphatic carbocycles. The van der Waals surface area contributed by atoms with Gasteiger partial charge in [0.1, 0.15) is 0 Å². The zero-order valence-electron chi connectivity index (χ0n) is 10.9. The Morgan fingerprint density at radius 3 is 2.56 bits per heavy atom. The third-order valence-corrected chi connectivity index (χ3v) is 4.25. The van der Waals surface area contributed by atoms with E-state index in [9.17, 15) is 4.79 Å². The third kappa shape index (κ3) is 2.76. The first kappa shape index (κ1) is 13.5. The van der Waals surface area contributed by atoms with Gasteiger partial charge in [0, 0.05) is 6.61 Å². The van der Waals surface area contributed by atoms with Crippen LogP contribution in [0.3, 0.4) is 0 Å². The smallest absolute Gasteiger partial charge is 0.303 e. The molecule has 0 amide bonds. The molecule has 0 aromatic rings. The minimum absolute atomic E-state index is 0.0884. The van der Waals surface area contributed by atoms with Gasteiger partial charge in [0.05, 0.1) is 12.0 Å². The molecule has 1 aliphatic heterocycles. The molecule has 2 atom stereocenters. The van der Waals surface area contributed by atoms with Gasteiger partial charge in [-0.2, -0.15) is 0 Å². The second-order valence-electron chi connectivity index (χ2n) is 5.67. The van der Waals surface area contributed by atoms with Crippen LogP contribution in [0.1, 0.15) is 53.4 Å². The first-order valence-corrected chi connectivity index (χ1v) is 6.19. The summed E-state index contributed by atoms with van der Waals surface area (Å²) in [6.45, 7) is 9.16. The number of carboxylic acid groups (broad SMARTS) is 1. The highest BCUT2D eigenvalue weighted by molar-refractivity contribution is 5.67. The Kier molecular flexibility index (Phi) is 4.00. The van der Waals surface area contributed by atoms with Crippen molar-refractivity contribution >= 4 is 5.97 Å². The number of aliphatic carboxylic acids is 1. The average Bonchev–Trinajstić information content (AvgIpc) is 2.16. The molecule has 0 spiro atoms. The van der Waals surface area contributed by atoms with Crippen molar-refractivity contribution in [1.82, 2.24) is 0 Å². The Hall–Kier alpha value is -0.570. The van der Waals surface area contributed by atoms with E-state index in [0.717, 1.165) is 19.3 Å². The SMILES string of the molecule is CCC1(C)CC(CC(=O)O)(C(C)C)CCO1. The highest BCUT2D eigenvalue weighted by atomic mass is 16.5. The second-order valence-corrected chi connectivity index (χ2v) is 5.67. The zero-order chi connectivity index (χ0) is 12.4. The van der Waals surface area contributed by atoms with Gasteiger partial charge < -0.3 is 9.84 Å². The van der Waals surface area contributed by atoms with E-state index < -0.39 is 5.97 Å². The predicted molar refractivity (Wildman–Crippen MR) is 63.4 cm³/mol. The van der Waals surface area contributed by atoms with Crippen LogP contribution in [0.2, 0.25) is 0 Å². The van der Waals surface area contributed by atoms with Crippen molar-refractivity contribution in [3.63, 3.8) is 0 Å². The molecule has 3 heteroatoms. The number of carboxylic acids is 1. The van der Waals surface area contributed by atoms with E-state index >= 15 is 0 Å². The summed E-state index contributed by atoms with van der Waals surface area (Å²) in [4.78, 5) is 11.0. The summed E-state index contributed by atoms with van der Waals surface area (Å²) in [6, 6.07) is 0. The Bertz CT molecular complexity index is 262. The van der Waals surface area contributed by atoms with Crippen LogP contribution in [0.4, 0.5) is 0 Å². The molecule has 0 bridgehead atoms. The van der Waals surface area contributed by atoms with Crippen molar-refractivity contribution in [2.75, 3.05) is 6.61 Å². The fourth-order valence-corrected chi connectivity index (χ4v) is 2.76. The number of ether oxygens (including phenoxy) is 1. The van der Waals surface area contributed by atoms with Crippen LogP contribution < -0.4 is 0 Å². The number of carbonyl (C=O) groups is 1. The maximum Gasteiger partial charge on any atom is 0.303 e. The molecule has 1 fully saturated rings. The van der Waals surface area contributed by atoms with Gasteiger partial charge in [-0.15, -0.1) is 0 Å². The molecule has 1 heterocycles. The van der Waals surface area contributed by atoms with Crippen LogP contribution in [-0.4, -0.2) is 23.3 Å². The van der Waals surface area contributed by atoms with Gasteiger partial charge >= 0.3 is 5.97 Å². The van der Waals surface area contributed by atoms with E-state index in [4.69, 9.17) is 9.84 Å². The molecule has 2 unspecified atom stereocenters. The van der Waals surface area contributed by atoms with Crippen molar-refractivity contribution in [2.45, 2.75) is 59.0 Å². The Morgan fingerprint density at radius 1 is 1.50 bits per heavy atom. The maximum atomic E-state index is 11.0. The monoisotopic (exact) mass is 228 g/mol. The molecular weight excluding hydrogens is 204 g/mol. The minimum atomic E-state index is -0.686. The third-order valence-electron chi connectivity index (χ3n) is 4.25. The number of hydrogen-bond donors (Lipinski definition) is 1. The van der Waals surface area contributed by atoms with E-state index in [1.54, 1.807) is 0 Å². The Morgan fingerprint density at radius 2 is 2.12 bits per heavy atom. The van der Waals surface area contributed by atoms with Crippen molar-refractivity contribution in [3.8, 4) is 0 Å². The van der Waals surface area contributed by atoms with Crippen molar-refractivity contribution in [3.05, 3.63) is 0 Å². The van der Waals surface area contributed by atoms with Crippen LogP contribution in [-0.2, 0) is 9.53 Å². The van der Waals surface area contributed by atoms with E-state index in [1.807, 2.05) is 0 Å². The lowest BCUT2D eigenvalue weighted by Gasteiger charge is -2.48. The molecule has 94 valence electrons. The summed E-state index contributed by atoms with van der Waals surface area (Å²) in [7, 11) is 0. The van der Waals surface area contributed by atoms with Crippen LogP contribution in [0.5, 0.6) is 0 Å². The first-order valence-electron chi connectivity index (χ1n) is 6.19. The molecule has 0 radical (unpaired) electrons. The second kappa shape index (κ2) is 4.74. The molecule has 0 aromatic heterocycles. The summed E-state index contributed by atoms with van der Waals surface area (Å²) in [6.07, 6.45) is 2.94. The zero-order valence-corrected chi connectivity index (χ0v) is 10.9. The fraction of sp³-hybridized carbons (Fsp3) is 0.923. The van der Waals surface area contributed by atoms with E-state index in [1.165, 1.54) is 0 Å². The fourth-order valence-electron chi connectivity index (χ4n) is 2.76. The molecule has 16 heavy (non-hydrogen) atoms. The maximum absolute atomic E-state index is 11.0. The molecule has 1 N–H and O–H groups in total. The van der Waals surface area contributed by atoms with E-state index in [-0.39, 0.29) is 17.4 Å². The lowest BCUT2D eigenvalue weighted by Crippen LogP contribution is -2.46. The summed E-state index contributed by atoms with van der Waals surface area (Å²) in [5, 5.41) is 9.08. The largest absolute Gasteiger partial charge is 0.481 e. The summed E-state index contributed by atoms with van der Waals surface area (Å²) in [5.74, 6) is -0.299. The van der Waals surface area contributed by atoms with E-state index in [2.05, 4.69) is 27.7 Å². The van der Waals surface area contributed by atoms with Crippen LogP contribution in [0.25, 0.3) is 0 Å². The first-order chi connectivity index (χ1) is 7.33. The average molecular weight is 228 g/mol. The van der Waals surface area contributed by atoms with Gasteiger partial charge in [-0.3, -0.25) is 4.79 Å². The lowest BCUT2D eigenvalue weighted by molar-refractivity contribution is -0.155. The minimum Gasteiger partial charge on any atom is -0.481 e. The number of rotatable bonds is 4. The Labute approximate surface area is 98.2 Å². The topological polar surface area (TPSA) is 46.5 Å². The summed E-state index contributed by atoms with van der Waals surface area (Å²) >= 11 is 0. The van der Waals surface area contributed by atoms with Crippen molar-refractivity contribution in [2.24, 2.45) is 11.3 Å². The van der Waals surface area contributed by atoms with Crippen LogP contribution in [0, 0.1) is 11.3 Å². The highest BCUT2D eigenvalue weighted by Gasteiger charge is 2.45. The molecule has 1 saturated heterocycles. The van der Waals surface area contributed by atoms with Gasteiger partial charge in [-0.05, 0) is 37.5 Å². The standard InChI is InChI=1S/C13H24O3/c1-5-12(4)9-13(10(2)3,6-7-16-12)8-11(14)15/h10H,5-9H2,1-4H3,(H,14,15). The molecular formula is C13H24O3. The van der Waals surface area contributed by atoms with Gasteiger partial charge in [-0.1, -0.05) is 20.8 Å². The van der Waals surface area contributed by atoms with Crippen molar-refractivity contribution < 1.29 is 14.6 Å². The van der Waals surface area contributed by atoms with E-state index in [0.29, 0.717) is 12.5 Å². The van der Waals surface area contributed by atoms with Gasteiger partial charge in [0.2, 0.25) is 0 Å². The van der Waals surface area contributed by atoms with Gasteiger partial charge in [0.15, 0.2) is 0 Å². The van der Waals surface area contributed by atoms with Crippen LogP contribution in [0.15, 0.2) is 0 Å². The molecule has 0 aromatic carbocycles. The molecule has 1 aliphatic rings. The summed E-state index contributed by atoms with van der Waals surface area (Å²) in [5.41, 5.74) is -0.229. The normalized spacial score (nSPS) is 35.3. The quantitative estimate of drug-likeness (QED) is 0.804. The van der Waals surface area contributed by atoms with Gasteiger partial charge in [-0.25, -0.2) is 0 Å². The molecule has 1 rings (SSSR count). The molecule has 3 nitrogen and oxygen atoms in total.